The number of anilines is 1. The number of carbonyl (C=O) groups excluding carboxylic acids is 1. The van der Waals surface area contributed by atoms with Crippen molar-refractivity contribution in [1.29, 1.82) is 0 Å². The highest BCUT2D eigenvalue weighted by Crippen LogP contribution is 2.23. The third-order valence-corrected chi connectivity index (χ3v) is 3.68. The molecule has 2 aromatic rings. The van der Waals surface area contributed by atoms with E-state index in [1.165, 1.54) is 12.4 Å². The van der Waals surface area contributed by atoms with Gasteiger partial charge in [-0.25, -0.2) is 9.97 Å². The van der Waals surface area contributed by atoms with Crippen LogP contribution in [0.3, 0.4) is 0 Å². The van der Waals surface area contributed by atoms with Crippen LogP contribution in [-0.2, 0) is 4.74 Å². The average Bonchev–Trinajstić information content (AvgIpc) is 2.62. The lowest BCUT2D eigenvalue weighted by Crippen LogP contribution is -2.42. The van der Waals surface area contributed by atoms with Gasteiger partial charge in [-0.2, -0.15) is 0 Å². The van der Waals surface area contributed by atoms with E-state index in [1.807, 2.05) is 37.2 Å². The molecular formula is C16H19N5O2. The lowest BCUT2D eigenvalue weighted by atomic mass is 10.1. The standard InChI is InChI=1S/C16H19N5O2/c1-20(2)15-5-3-4-12(19-15)14-11-21(8-9-23-14)16(22)13-10-17-6-7-18-13/h3-7,10,14H,8-9,11H2,1-2H3/t14-/m1/s1. The molecule has 7 nitrogen and oxygen atoms in total. The Bertz CT molecular complexity index is 677. The van der Waals surface area contributed by atoms with Crippen LogP contribution in [0.2, 0.25) is 0 Å². The summed E-state index contributed by atoms with van der Waals surface area (Å²) in [7, 11) is 3.88. The molecule has 1 aliphatic heterocycles. The lowest BCUT2D eigenvalue weighted by molar-refractivity contribution is -0.0248. The van der Waals surface area contributed by atoms with Crippen molar-refractivity contribution in [3.63, 3.8) is 0 Å². The molecule has 0 spiro atoms. The van der Waals surface area contributed by atoms with Crippen LogP contribution in [0.4, 0.5) is 5.82 Å². The SMILES string of the molecule is CN(C)c1cccc([C@H]2CN(C(=O)c3cnccn3)CCO2)n1. The van der Waals surface area contributed by atoms with E-state index < -0.39 is 0 Å². The number of rotatable bonds is 3. The maximum atomic E-state index is 12.5. The summed E-state index contributed by atoms with van der Waals surface area (Å²) >= 11 is 0. The van der Waals surface area contributed by atoms with E-state index in [0.29, 0.717) is 25.4 Å². The maximum Gasteiger partial charge on any atom is 0.274 e. The molecule has 0 bridgehead atoms. The van der Waals surface area contributed by atoms with E-state index in [9.17, 15) is 4.79 Å². The van der Waals surface area contributed by atoms with Gasteiger partial charge in [-0.3, -0.25) is 9.78 Å². The molecule has 2 aromatic heterocycles. The number of aromatic nitrogens is 3. The molecule has 3 rings (SSSR count). The Morgan fingerprint density at radius 3 is 2.96 bits per heavy atom. The zero-order valence-electron chi connectivity index (χ0n) is 13.2. The number of nitrogens with zero attached hydrogens (tertiary/aromatic N) is 5. The molecule has 1 aliphatic rings. The van der Waals surface area contributed by atoms with Gasteiger partial charge in [0.15, 0.2) is 0 Å². The first-order chi connectivity index (χ1) is 11.1. The van der Waals surface area contributed by atoms with E-state index in [0.717, 1.165) is 11.5 Å². The fraction of sp³-hybridized carbons (Fsp3) is 0.375. The number of pyridine rings is 1. The van der Waals surface area contributed by atoms with Crippen LogP contribution in [0.15, 0.2) is 36.8 Å². The summed E-state index contributed by atoms with van der Waals surface area (Å²) in [6.45, 7) is 1.48. The topological polar surface area (TPSA) is 71.5 Å². The van der Waals surface area contributed by atoms with Crippen molar-refractivity contribution in [2.24, 2.45) is 0 Å². The Hall–Kier alpha value is -2.54. The van der Waals surface area contributed by atoms with Crippen LogP contribution >= 0.6 is 0 Å². The van der Waals surface area contributed by atoms with Gasteiger partial charge in [0.1, 0.15) is 17.6 Å². The van der Waals surface area contributed by atoms with Gasteiger partial charge in [0.2, 0.25) is 0 Å². The van der Waals surface area contributed by atoms with Gasteiger partial charge in [0, 0.05) is 33.0 Å². The molecule has 7 heteroatoms. The average molecular weight is 313 g/mol. The van der Waals surface area contributed by atoms with Crippen LogP contribution in [0.1, 0.15) is 22.3 Å². The number of ether oxygens (including phenoxy) is 1. The van der Waals surface area contributed by atoms with Crippen molar-refractivity contribution in [3.05, 3.63) is 48.2 Å². The van der Waals surface area contributed by atoms with E-state index in [1.54, 1.807) is 11.1 Å². The highest BCUT2D eigenvalue weighted by Gasteiger charge is 2.27. The summed E-state index contributed by atoms with van der Waals surface area (Å²) in [6, 6.07) is 5.81. The predicted octanol–water partition coefficient (Wildman–Crippen LogP) is 1.15. The molecule has 3 heterocycles. The van der Waals surface area contributed by atoms with E-state index in [-0.39, 0.29) is 12.0 Å². The van der Waals surface area contributed by atoms with Crippen LogP contribution in [-0.4, -0.2) is 59.6 Å². The first kappa shape index (κ1) is 15.4. The van der Waals surface area contributed by atoms with Crippen molar-refractivity contribution >= 4 is 11.7 Å². The fourth-order valence-corrected chi connectivity index (χ4v) is 2.45. The Labute approximate surface area is 134 Å². The number of carbonyl (C=O) groups is 1. The smallest absolute Gasteiger partial charge is 0.274 e. The maximum absolute atomic E-state index is 12.5. The quantitative estimate of drug-likeness (QED) is 0.846. The Balaban J connectivity index is 1.76. The molecule has 1 saturated heterocycles. The highest BCUT2D eigenvalue weighted by molar-refractivity contribution is 5.92. The summed E-state index contributed by atoms with van der Waals surface area (Å²) in [5.74, 6) is 0.735. The second-order valence-electron chi connectivity index (χ2n) is 5.52. The summed E-state index contributed by atoms with van der Waals surface area (Å²) in [4.78, 5) is 28.8. The summed E-state index contributed by atoms with van der Waals surface area (Å²) < 4.78 is 5.80. The largest absolute Gasteiger partial charge is 0.368 e. The van der Waals surface area contributed by atoms with Gasteiger partial charge in [-0.15, -0.1) is 0 Å². The molecule has 0 aromatic carbocycles. The third kappa shape index (κ3) is 3.45. The molecule has 0 unspecified atom stereocenters. The van der Waals surface area contributed by atoms with Gasteiger partial charge in [-0.1, -0.05) is 6.07 Å². The van der Waals surface area contributed by atoms with Crippen LogP contribution in [0, 0.1) is 0 Å². The first-order valence-corrected chi connectivity index (χ1v) is 7.46. The number of hydrogen-bond acceptors (Lipinski definition) is 6. The van der Waals surface area contributed by atoms with Gasteiger partial charge >= 0.3 is 0 Å². The molecule has 0 aliphatic carbocycles. The molecule has 0 radical (unpaired) electrons. The van der Waals surface area contributed by atoms with Crippen molar-refractivity contribution in [1.82, 2.24) is 19.9 Å². The second-order valence-corrected chi connectivity index (χ2v) is 5.52. The van der Waals surface area contributed by atoms with Crippen LogP contribution in [0.25, 0.3) is 0 Å². The van der Waals surface area contributed by atoms with Crippen molar-refractivity contribution in [2.45, 2.75) is 6.10 Å². The fourth-order valence-electron chi connectivity index (χ4n) is 2.45. The van der Waals surface area contributed by atoms with Crippen LogP contribution < -0.4 is 4.90 Å². The minimum Gasteiger partial charge on any atom is -0.368 e. The Morgan fingerprint density at radius 2 is 2.22 bits per heavy atom. The van der Waals surface area contributed by atoms with Gasteiger partial charge in [0.05, 0.1) is 25.0 Å². The van der Waals surface area contributed by atoms with E-state index in [2.05, 4.69) is 15.0 Å². The van der Waals surface area contributed by atoms with E-state index in [4.69, 9.17) is 4.74 Å². The summed E-state index contributed by atoms with van der Waals surface area (Å²) in [6.07, 6.45) is 4.32. The zero-order chi connectivity index (χ0) is 16.2. The van der Waals surface area contributed by atoms with Crippen molar-refractivity contribution < 1.29 is 9.53 Å². The number of morpholine rings is 1. The first-order valence-electron chi connectivity index (χ1n) is 7.46. The monoisotopic (exact) mass is 313 g/mol. The molecule has 23 heavy (non-hydrogen) atoms. The highest BCUT2D eigenvalue weighted by atomic mass is 16.5. The lowest BCUT2D eigenvalue weighted by Gasteiger charge is -2.32. The molecule has 0 saturated carbocycles. The predicted molar refractivity (Wildman–Crippen MR) is 85.2 cm³/mol. The summed E-state index contributed by atoms with van der Waals surface area (Å²) in [5.41, 5.74) is 1.18. The molecular weight excluding hydrogens is 294 g/mol. The van der Waals surface area contributed by atoms with Crippen molar-refractivity contribution in [3.8, 4) is 0 Å². The van der Waals surface area contributed by atoms with Crippen molar-refractivity contribution in [2.75, 3.05) is 38.7 Å². The second kappa shape index (κ2) is 6.70. The molecule has 1 fully saturated rings. The number of hydrogen-bond donors (Lipinski definition) is 0. The number of amides is 1. The molecule has 0 N–H and O–H groups in total. The summed E-state index contributed by atoms with van der Waals surface area (Å²) in [5, 5.41) is 0. The third-order valence-electron chi connectivity index (χ3n) is 3.68. The van der Waals surface area contributed by atoms with Gasteiger partial charge in [0.25, 0.3) is 5.91 Å². The molecule has 120 valence electrons. The normalized spacial score (nSPS) is 17.8. The van der Waals surface area contributed by atoms with Gasteiger partial charge in [-0.05, 0) is 12.1 Å². The minimum atomic E-state index is -0.232. The molecule has 1 amide bonds. The van der Waals surface area contributed by atoms with E-state index >= 15 is 0 Å². The zero-order valence-corrected chi connectivity index (χ0v) is 13.2. The Morgan fingerprint density at radius 1 is 1.35 bits per heavy atom. The Kier molecular flexibility index (Phi) is 4.47. The minimum absolute atomic E-state index is 0.129. The van der Waals surface area contributed by atoms with Gasteiger partial charge < -0.3 is 14.5 Å². The molecule has 1 atom stereocenters. The van der Waals surface area contributed by atoms with Crippen LogP contribution in [0.5, 0.6) is 0 Å².